The highest BCUT2D eigenvalue weighted by Gasteiger charge is 2.33. The minimum Gasteiger partial charge on any atom is -0.229 e. The van der Waals surface area contributed by atoms with Gasteiger partial charge in [0.05, 0.1) is 16.3 Å². The van der Waals surface area contributed by atoms with Crippen molar-refractivity contribution in [1.82, 2.24) is 20.2 Å². The van der Waals surface area contributed by atoms with Crippen LogP contribution in [0.4, 0.5) is 13.2 Å². The van der Waals surface area contributed by atoms with Gasteiger partial charge in [-0.3, -0.25) is 0 Å². The fourth-order valence-electron chi connectivity index (χ4n) is 1.77. The molecule has 1 aromatic heterocycles. The minimum absolute atomic E-state index is 0.301. The van der Waals surface area contributed by atoms with Crippen LogP contribution in [0.1, 0.15) is 31.2 Å². The fraction of sp³-hybridized carbons (Fsp3) is 0.462. The Morgan fingerprint density at radius 3 is 2.77 bits per heavy atom. The number of alkyl halides is 3. The molecule has 4 nitrogen and oxygen atoms in total. The van der Waals surface area contributed by atoms with Crippen molar-refractivity contribution in [3.8, 4) is 0 Å². The van der Waals surface area contributed by atoms with Crippen LogP contribution in [-0.4, -0.2) is 20.2 Å². The fourth-order valence-corrected chi connectivity index (χ4v) is 2.86. The Kier molecular flexibility index (Phi) is 5.69. The number of hydrogen-bond donors (Lipinski definition) is 0. The Bertz CT molecular complexity index is 630. The average molecular weight is 351 g/mol. The average Bonchev–Trinajstić information content (AvgIpc) is 2.90. The molecule has 120 valence electrons. The summed E-state index contributed by atoms with van der Waals surface area (Å²) in [5, 5.41) is 11.1. The largest absolute Gasteiger partial charge is 0.417 e. The molecule has 0 fully saturated rings. The molecule has 1 heterocycles. The molecule has 0 radical (unpaired) electrons. The van der Waals surface area contributed by atoms with Gasteiger partial charge >= 0.3 is 6.18 Å². The second kappa shape index (κ2) is 7.32. The molecule has 0 saturated carbocycles. The van der Waals surface area contributed by atoms with Crippen LogP contribution in [0.25, 0.3) is 0 Å². The Morgan fingerprint density at radius 2 is 2.09 bits per heavy atom. The second-order valence-corrected chi connectivity index (χ2v) is 6.06. The van der Waals surface area contributed by atoms with E-state index < -0.39 is 11.7 Å². The zero-order valence-electron chi connectivity index (χ0n) is 11.8. The quantitative estimate of drug-likeness (QED) is 0.722. The predicted octanol–water partition coefficient (Wildman–Crippen LogP) is 4.44. The third kappa shape index (κ3) is 4.36. The zero-order valence-corrected chi connectivity index (χ0v) is 13.3. The van der Waals surface area contributed by atoms with E-state index in [4.69, 9.17) is 11.6 Å². The van der Waals surface area contributed by atoms with Crippen molar-refractivity contribution in [2.24, 2.45) is 0 Å². The van der Waals surface area contributed by atoms with Gasteiger partial charge in [-0.25, -0.2) is 4.68 Å². The number of nitrogens with zero attached hydrogens (tertiary/aromatic N) is 4. The van der Waals surface area contributed by atoms with E-state index in [2.05, 4.69) is 22.4 Å². The van der Waals surface area contributed by atoms with Gasteiger partial charge in [0.15, 0.2) is 5.82 Å². The van der Waals surface area contributed by atoms with E-state index >= 15 is 0 Å². The molecule has 0 aliphatic rings. The molecule has 0 aliphatic carbocycles. The summed E-state index contributed by atoms with van der Waals surface area (Å²) in [6.07, 6.45) is -2.50. The Balaban J connectivity index is 2.08. The maximum Gasteiger partial charge on any atom is 0.417 e. The van der Waals surface area contributed by atoms with Gasteiger partial charge in [0.1, 0.15) is 0 Å². The van der Waals surface area contributed by atoms with Crippen LogP contribution < -0.4 is 0 Å². The lowest BCUT2D eigenvalue weighted by Crippen LogP contribution is -2.06. The predicted molar refractivity (Wildman–Crippen MR) is 78.7 cm³/mol. The summed E-state index contributed by atoms with van der Waals surface area (Å²) in [5.41, 5.74) is -0.829. The molecular weight excluding hydrogens is 337 g/mol. The van der Waals surface area contributed by atoms with Gasteiger partial charge in [-0.1, -0.05) is 24.9 Å². The molecule has 2 aromatic rings. The number of hydrogen-bond acceptors (Lipinski definition) is 4. The molecule has 0 aliphatic heterocycles. The molecule has 1 aromatic carbocycles. The van der Waals surface area contributed by atoms with E-state index in [1.165, 1.54) is 17.8 Å². The molecule has 0 amide bonds. The molecule has 0 N–H and O–H groups in total. The third-order valence-corrected chi connectivity index (χ3v) is 4.26. The summed E-state index contributed by atoms with van der Waals surface area (Å²) in [7, 11) is 0. The molecular formula is C13H14ClF3N4S. The number of aryl methyl sites for hydroxylation is 1. The Hall–Kier alpha value is -1.28. The van der Waals surface area contributed by atoms with Gasteiger partial charge in [0.25, 0.3) is 0 Å². The standard InChI is InChI=1S/C13H14ClF3N4S/c1-2-3-6-21-12(18-19-20-21)8-22-9-4-5-11(14)10(7-9)13(15,16)17/h4-5,7H,2-3,6,8H2,1H3. The summed E-state index contributed by atoms with van der Waals surface area (Å²) in [6.45, 7) is 2.76. The van der Waals surface area contributed by atoms with E-state index in [1.54, 1.807) is 10.7 Å². The van der Waals surface area contributed by atoms with Crippen molar-refractivity contribution in [1.29, 1.82) is 0 Å². The van der Waals surface area contributed by atoms with Crippen LogP contribution in [0.5, 0.6) is 0 Å². The molecule has 0 saturated heterocycles. The SMILES string of the molecule is CCCCn1nnnc1CSc1ccc(Cl)c(C(F)(F)F)c1. The lowest BCUT2D eigenvalue weighted by Gasteiger charge is -2.10. The maximum atomic E-state index is 12.8. The number of halogens is 4. The van der Waals surface area contributed by atoms with Crippen molar-refractivity contribution in [2.45, 2.75) is 43.1 Å². The first-order chi connectivity index (χ1) is 10.4. The van der Waals surface area contributed by atoms with Crippen molar-refractivity contribution in [3.63, 3.8) is 0 Å². The molecule has 0 bridgehead atoms. The summed E-state index contributed by atoms with van der Waals surface area (Å²) in [6, 6.07) is 3.86. The van der Waals surface area contributed by atoms with Gasteiger partial charge in [-0.2, -0.15) is 13.2 Å². The molecule has 2 rings (SSSR count). The number of aromatic nitrogens is 4. The lowest BCUT2D eigenvalue weighted by atomic mass is 10.2. The summed E-state index contributed by atoms with van der Waals surface area (Å²) >= 11 is 6.84. The van der Waals surface area contributed by atoms with Gasteiger partial charge in [-0.05, 0) is 35.0 Å². The highest BCUT2D eigenvalue weighted by atomic mass is 35.5. The van der Waals surface area contributed by atoms with Crippen molar-refractivity contribution >= 4 is 23.4 Å². The first-order valence-corrected chi connectivity index (χ1v) is 8.02. The third-order valence-electron chi connectivity index (χ3n) is 2.94. The van der Waals surface area contributed by atoms with Crippen LogP contribution in [0, 0.1) is 0 Å². The summed E-state index contributed by atoms with van der Waals surface area (Å²) in [4.78, 5) is 0.474. The first-order valence-electron chi connectivity index (χ1n) is 6.66. The van der Waals surface area contributed by atoms with Gasteiger partial charge in [-0.15, -0.1) is 16.9 Å². The Labute approximate surface area is 135 Å². The van der Waals surface area contributed by atoms with E-state index in [0.29, 0.717) is 23.0 Å². The van der Waals surface area contributed by atoms with Crippen LogP contribution >= 0.6 is 23.4 Å². The smallest absolute Gasteiger partial charge is 0.229 e. The molecule has 22 heavy (non-hydrogen) atoms. The second-order valence-electron chi connectivity index (χ2n) is 4.60. The van der Waals surface area contributed by atoms with Crippen LogP contribution in [0.15, 0.2) is 23.1 Å². The van der Waals surface area contributed by atoms with E-state index in [0.717, 1.165) is 18.9 Å². The molecule has 0 spiro atoms. The summed E-state index contributed by atoms with van der Waals surface area (Å²) < 4.78 is 40.1. The van der Waals surface area contributed by atoms with Gasteiger partial charge in [0.2, 0.25) is 0 Å². The maximum absolute atomic E-state index is 12.8. The zero-order chi connectivity index (χ0) is 16.2. The Morgan fingerprint density at radius 1 is 1.32 bits per heavy atom. The number of unbranched alkanes of at least 4 members (excludes halogenated alkanes) is 1. The summed E-state index contributed by atoms with van der Waals surface area (Å²) in [5.74, 6) is 1.04. The molecule has 9 heteroatoms. The van der Waals surface area contributed by atoms with E-state index in [9.17, 15) is 13.2 Å². The topological polar surface area (TPSA) is 43.6 Å². The van der Waals surface area contributed by atoms with Crippen molar-refractivity contribution < 1.29 is 13.2 Å². The van der Waals surface area contributed by atoms with Crippen molar-refractivity contribution in [2.75, 3.05) is 0 Å². The monoisotopic (exact) mass is 350 g/mol. The van der Waals surface area contributed by atoms with Crippen LogP contribution in [0.2, 0.25) is 5.02 Å². The molecule has 0 unspecified atom stereocenters. The highest BCUT2D eigenvalue weighted by molar-refractivity contribution is 7.98. The van der Waals surface area contributed by atoms with E-state index in [1.807, 2.05) is 0 Å². The van der Waals surface area contributed by atoms with E-state index in [-0.39, 0.29) is 5.02 Å². The van der Waals surface area contributed by atoms with Gasteiger partial charge in [0, 0.05) is 11.4 Å². The van der Waals surface area contributed by atoms with Gasteiger partial charge < -0.3 is 0 Å². The number of tetrazole rings is 1. The van der Waals surface area contributed by atoms with Crippen LogP contribution in [0.3, 0.4) is 0 Å². The number of thioether (sulfide) groups is 1. The highest BCUT2D eigenvalue weighted by Crippen LogP contribution is 2.37. The van der Waals surface area contributed by atoms with Crippen LogP contribution in [-0.2, 0) is 18.5 Å². The lowest BCUT2D eigenvalue weighted by molar-refractivity contribution is -0.137. The molecule has 0 atom stereocenters. The number of benzene rings is 1. The normalized spacial score (nSPS) is 11.9. The van der Waals surface area contributed by atoms with Crippen molar-refractivity contribution in [3.05, 3.63) is 34.6 Å². The first kappa shape index (κ1) is 17.1. The number of rotatable bonds is 6. The minimum atomic E-state index is -4.46.